The molecule has 0 radical (unpaired) electrons. The topological polar surface area (TPSA) is 201 Å². The molecule has 0 bridgehead atoms. The summed E-state index contributed by atoms with van der Waals surface area (Å²) in [6.45, 7) is 8.14. The molecule has 0 aliphatic carbocycles. The van der Waals surface area contributed by atoms with Gasteiger partial charge in [0, 0.05) is 0 Å². The van der Waals surface area contributed by atoms with Crippen LogP contribution in [0.1, 0.15) is 53.6 Å². The van der Waals surface area contributed by atoms with Gasteiger partial charge in [-0.15, -0.1) is 0 Å². The SMILES string of the molecule is Cc1nc2c(ncn2[C@@H]2O[C@](CO)(CP(=O)(OCOC(=O)C(C)(C)C)OCOC(=O)C(C)(C)C)[C@@H](O)[C@H]2F)c(=O)[nH]1. The maximum absolute atomic E-state index is 15.6. The number of fused-ring (bicyclic) bond motifs is 1. The zero-order valence-electron chi connectivity index (χ0n) is 23.9. The van der Waals surface area contributed by atoms with Crippen molar-refractivity contribution in [2.75, 3.05) is 26.4 Å². The van der Waals surface area contributed by atoms with Gasteiger partial charge in [-0.2, -0.15) is 0 Å². The molecule has 0 unspecified atom stereocenters. The molecule has 0 spiro atoms. The van der Waals surface area contributed by atoms with Gasteiger partial charge in [-0.1, -0.05) is 0 Å². The molecule has 1 fully saturated rings. The van der Waals surface area contributed by atoms with Gasteiger partial charge in [-0.3, -0.25) is 32.6 Å². The molecule has 3 N–H and O–H groups in total. The Bertz CT molecular complexity index is 1350. The number of ether oxygens (including phenoxy) is 3. The lowest BCUT2D eigenvalue weighted by molar-refractivity contribution is -0.162. The second-order valence-corrected chi connectivity index (χ2v) is 13.8. The summed E-state index contributed by atoms with van der Waals surface area (Å²) in [5, 5.41) is 21.2. The first kappa shape index (κ1) is 32.8. The maximum atomic E-state index is 15.6. The van der Waals surface area contributed by atoms with E-state index in [1.54, 1.807) is 41.5 Å². The fourth-order valence-corrected chi connectivity index (χ4v) is 5.48. The number of carbonyl (C=O) groups excluding carboxylic acids is 2. The Hall–Kier alpha value is -2.75. The third-order valence-corrected chi connectivity index (χ3v) is 8.05. The number of imidazole rings is 1. The third-order valence-electron chi connectivity index (χ3n) is 6.13. The molecular formula is C24H36FN4O11P. The second-order valence-electron chi connectivity index (χ2n) is 11.7. The van der Waals surface area contributed by atoms with E-state index in [2.05, 4.69) is 15.0 Å². The zero-order valence-corrected chi connectivity index (χ0v) is 24.8. The van der Waals surface area contributed by atoms with E-state index in [9.17, 15) is 29.2 Å². The van der Waals surface area contributed by atoms with E-state index >= 15 is 4.39 Å². The van der Waals surface area contributed by atoms with Gasteiger partial charge in [-0.05, 0) is 48.5 Å². The summed E-state index contributed by atoms with van der Waals surface area (Å²) in [4.78, 5) is 47.1. The van der Waals surface area contributed by atoms with Crippen LogP contribution in [0.15, 0.2) is 11.1 Å². The normalized spacial score (nSPS) is 23.6. The van der Waals surface area contributed by atoms with Crippen molar-refractivity contribution in [2.24, 2.45) is 10.8 Å². The first-order valence-electron chi connectivity index (χ1n) is 12.6. The molecule has 230 valence electrons. The molecular weight excluding hydrogens is 570 g/mol. The number of hydrogen-bond donors (Lipinski definition) is 3. The van der Waals surface area contributed by atoms with Gasteiger partial charge in [0.25, 0.3) is 5.56 Å². The fraction of sp³-hybridized carbons (Fsp3) is 0.708. The van der Waals surface area contributed by atoms with Crippen LogP contribution >= 0.6 is 7.60 Å². The predicted octanol–water partition coefficient (Wildman–Crippen LogP) is 1.71. The van der Waals surface area contributed by atoms with Crippen molar-refractivity contribution < 1.29 is 52.0 Å². The number of esters is 2. The standard InChI is InChI=1S/C24H36FN4O11P/c1-13-27-17-15(18(32)28-13)26-10-29(17)19-14(25)16(31)24(8-30,40-19)9-41(35,38-11-36-20(33)22(2,3)4)39-12-37-21(34)23(5,6)7/h10,14,16,19,30-31H,8-9,11-12H2,1-7H3,(H,27,28,32)/t14-,16+,19-,24-/m1/s1. The fourth-order valence-electron chi connectivity index (χ4n) is 3.77. The minimum atomic E-state index is -4.56. The number of aliphatic hydroxyl groups is 2. The number of H-pyrrole nitrogens is 1. The number of nitrogens with one attached hydrogen (secondary N) is 1. The van der Waals surface area contributed by atoms with Gasteiger partial charge in [0.2, 0.25) is 13.6 Å². The number of aromatic nitrogens is 4. The molecule has 17 heteroatoms. The Labute approximate surface area is 234 Å². The number of nitrogens with zero attached hydrogens (tertiary/aromatic N) is 3. The molecule has 0 amide bonds. The second kappa shape index (κ2) is 11.9. The van der Waals surface area contributed by atoms with Crippen molar-refractivity contribution in [3.8, 4) is 0 Å². The van der Waals surface area contributed by atoms with Crippen LogP contribution in [0.4, 0.5) is 4.39 Å². The quantitative estimate of drug-likeness (QED) is 0.201. The van der Waals surface area contributed by atoms with Crippen LogP contribution in [-0.2, 0) is 37.4 Å². The zero-order chi connectivity index (χ0) is 31.0. The highest BCUT2D eigenvalue weighted by Crippen LogP contribution is 2.55. The average molecular weight is 607 g/mol. The Morgan fingerprint density at radius 1 is 1.15 bits per heavy atom. The Morgan fingerprint density at radius 3 is 2.17 bits per heavy atom. The Morgan fingerprint density at radius 2 is 1.68 bits per heavy atom. The van der Waals surface area contributed by atoms with E-state index in [0.29, 0.717) is 0 Å². The van der Waals surface area contributed by atoms with Gasteiger partial charge in [0.05, 0.1) is 29.9 Å². The van der Waals surface area contributed by atoms with E-state index in [1.807, 2.05) is 0 Å². The number of halogens is 1. The minimum absolute atomic E-state index is 0.0568. The lowest BCUT2D eigenvalue weighted by Gasteiger charge is -2.32. The van der Waals surface area contributed by atoms with Crippen molar-refractivity contribution in [2.45, 2.75) is 72.6 Å². The van der Waals surface area contributed by atoms with Crippen LogP contribution in [0.25, 0.3) is 11.2 Å². The van der Waals surface area contributed by atoms with Crippen LogP contribution < -0.4 is 5.56 Å². The molecule has 0 aromatic carbocycles. The van der Waals surface area contributed by atoms with Crippen LogP contribution in [0, 0.1) is 17.8 Å². The highest BCUT2D eigenvalue weighted by Gasteiger charge is 2.59. The molecule has 2 aromatic rings. The molecule has 1 aliphatic heterocycles. The van der Waals surface area contributed by atoms with E-state index in [-0.39, 0.29) is 17.0 Å². The van der Waals surface area contributed by atoms with Crippen molar-refractivity contribution in [1.82, 2.24) is 19.5 Å². The summed E-state index contributed by atoms with van der Waals surface area (Å²) in [5.74, 6) is -1.20. The first-order chi connectivity index (χ1) is 18.8. The van der Waals surface area contributed by atoms with Crippen LogP contribution in [0.2, 0.25) is 0 Å². The van der Waals surface area contributed by atoms with Gasteiger partial charge in [0.15, 0.2) is 23.6 Å². The molecule has 41 heavy (non-hydrogen) atoms. The summed E-state index contributed by atoms with van der Waals surface area (Å²) in [6.07, 6.45) is -5.86. The van der Waals surface area contributed by atoms with Crippen LogP contribution in [0.5, 0.6) is 0 Å². The molecule has 1 aliphatic rings. The molecule has 3 heterocycles. The molecule has 3 rings (SSSR count). The predicted molar refractivity (Wildman–Crippen MR) is 139 cm³/mol. The number of aryl methyl sites for hydroxylation is 1. The van der Waals surface area contributed by atoms with Crippen molar-refractivity contribution in [1.29, 1.82) is 0 Å². The highest BCUT2D eigenvalue weighted by atomic mass is 31.2. The summed E-state index contributed by atoms with van der Waals surface area (Å²) in [7, 11) is -4.56. The maximum Gasteiger partial charge on any atom is 0.339 e. The first-order valence-corrected chi connectivity index (χ1v) is 14.3. The molecule has 1 saturated heterocycles. The number of aromatic amines is 1. The monoisotopic (exact) mass is 606 g/mol. The van der Waals surface area contributed by atoms with E-state index < -0.39 is 86.4 Å². The number of alkyl halides is 1. The Kier molecular flexibility index (Phi) is 9.47. The highest BCUT2D eigenvalue weighted by molar-refractivity contribution is 7.53. The van der Waals surface area contributed by atoms with E-state index in [0.717, 1.165) is 10.9 Å². The van der Waals surface area contributed by atoms with E-state index in [4.69, 9.17) is 23.3 Å². The number of carbonyl (C=O) groups is 2. The van der Waals surface area contributed by atoms with E-state index in [1.165, 1.54) is 6.92 Å². The van der Waals surface area contributed by atoms with Crippen LogP contribution in [-0.4, -0.2) is 85.9 Å². The third kappa shape index (κ3) is 7.19. The minimum Gasteiger partial charge on any atom is -0.438 e. The van der Waals surface area contributed by atoms with Crippen LogP contribution in [0.3, 0.4) is 0 Å². The average Bonchev–Trinajstić information content (AvgIpc) is 3.37. The van der Waals surface area contributed by atoms with Gasteiger partial charge >= 0.3 is 19.5 Å². The Balaban J connectivity index is 1.89. The van der Waals surface area contributed by atoms with Gasteiger partial charge < -0.3 is 29.4 Å². The molecule has 0 saturated carbocycles. The molecule has 4 atom stereocenters. The largest absolute Gasteiger partial charge is 0.438 e. The van der Waals surface area contributed by atoms with Gasteiger partial charge in [-0.25, -0.2) is 14.4 Å². The molecule has 2 aromatic heterocycles. The van der Waals surface area contributed by atoms with Crippen molar-refractivity contribution >= 4 is 30.7 Å². The van der Waals surface area contributed by atoms with Crippen molar-refractivity contribution in [3.05, 3.63) is 22.5 Å². The van der Waals surface area contributed by atoms with Crippen molar-refractivity contribution in [3.63, 3.8) is 0 Å². The summed E-state index contributed by atoms with van der Waals surface area (Å²) in [6, 6.07) is 0. The summed E-state index contributed by atoms with van der Waals surface area (Å²) in [5.41, 5.74) is -4.91. The smallest absolute Gasteiger partial charge is 0.339 e. The summed E-state index contributed by atoms with van der Waals surface area (Å²) >= 11 is 0. The number of hydrogen-bond acceptors (Lipinski definition) is 13. The lowest BCUT2D eigenvalue weighted by atomic mass is 9.98. The number of rotatable bonds is 10. The summed E-state index contributed by atoms with van der Waals surface area (Å²) < 4.78 is 56.7. The molecule has 15 nitrogen and oxygen atoms in total. The lowest BCUT2D eigenvalue weighted by Crippen LogP contribution is -2.49. The number of aliphatic hydroxyl groups excluding tert-OH is 2. The van der Waals surface area contributed by atoms with Gasteiger partial charge in [0.1, 0.15) is 17.5 Å².